The smallest absolute Gasteiger partial charge is 0.387 e. The van der Waals surface area contributed by atoms with Gasteiger partial charge >= 0.3 is 6.61 Å². The molecule has 0 unspecified atom stereocenters. The minimum Gasteiger partial charge on any atom is -0.434 e. The molecule has 0 aromatic heterocycles. The van der Waals surface area contributed by atoms with Gasteiger partial charge in [0.25, 0.3) is 0 Å². The highest BCUT2D eigenvalue weighted by Crippen LogP contribution is 2.22. The number of hydrogen-bond donors (Lipinski definition) is 1. The Hall–Kier alpha value is -1.49. The topological polar surface area (TPSA) is 46.5 Å². The summed E-state index contributed by atoms with van der Waals surface area (Å²) in [6.45, 7) is -1.98. The Bertz CT molecular complexity index is 364. The molecule has 0 bridgehead atoms. The first-order valence-electron chi connectivity index (χ1n) is 4.24. The third kappa shape index (κ3) is 2.99. The summed E-state index contributed by atoms with van der Waals surface area (Å²) in [6, 6.07) is 4.00. The second kappa shape index (κ2) is 4.84. The lowest BCUT2D eigenvalue weighted by Crippen LogP contribution is -2.07. The average Bonchev–Trinajstić information content (AvgIpc) is 2.17. The summed E-state index contributed by atoms with van der Waals surface area (Å²) in [5.41, 5.74) is 0.517. The zero-order valence-corrected chi connectivity index (χ0v) is 8.04. The largest absolute Gasteiger partial charge is 0.434 e. The van der Waals surface area contributed by atoms with Gasteiger partial charge in [0.05, 0.1) is 12.2 Å². The van der Waals surface area contributed by atoms with E-state index in [0.29, 0.717) is 5.56 Å². The molecule has 0 heterocycles. The van der Waals surface area contributed by atoms with Gasteiger partial charge in [-0.1, -0.05) is 6.07 Å². The van der Waals surface area contributed by atoms with E-state index in [2.05, 4.69) is 4.74 Å². The number of hydrogen-bond acceptors (Lipinski definition) is 3. The number of ketones is 1. The van der Waals surface area contributed by atoms with E-state index in [1.165, 1.54) is 25.1 Å². The standard InChI is InChI=1S/C10H10F2O3/c1-6(14)8-4-7(5-13)2-3-9(8)15-10(11)12/h2-4,10,13H,5H2,1H3. The Morgan fingerprint density at radius 3 is 2.67 bits per heavy atom. The molecule has 0 amide bonds. The van der Waals surface area contributed by atoms with Crippen LogP contribution in [0.5, 0.6) is 5.75 Å². The van der Waals surface area contributed by atoms with Gasteiger partial charge in [-0.15, -0.1) is 0 Å². The molecule has 0 aliphatic carbocycles. The second-order valence-corrected chi connectivity index (χ2v) is 2.92. The van der Waals surface area contributed by atoms with Crippen LogP contribution >= 0.6 is 0 Å². The number of carbonyl (C=O) groups is 1. The summed E-state index contributed by atoms with van der Waals surface area (Å²) in [4.78, 5) is 11.1. The lowest BCUT2D eigenvalue weighted by atomic mass is 10.1. The third-order valence-corrected chi connectivity index (χ3v) is 1.82. The molecule has 1 rings (SSSR count). The quantitative estimate of drug-likeness (QED) is 0.783. The minimum atomic E-state index is -2.97. The van der Waals surface area contributed by atoms with E-state index in [1.54, 1.807) is 0 Å². The maximum atomic E-state index is 12.0. The SMILES string of the molecule is CC(=O)c1cc(CO)ccc1OC(F)F. The van der Waals surface area contributed by atoms with Crippen LogP contribution in [0, 0.1) is 0 Å². The van der Waals surface area contributed by atoms with E-state index >= 15 is 0 Å². The van der Waals surface area contributed by atoms with E-state index in [4.69, 9.17) is 5.11 Å². The molecule has 0 saturated carbocycles. The van der Waals surface area contributed by atoms with Crippen molar-refractivity contribution in [2.24, 2.45) is 0 Å². The van der Waals surface area contributed by atoms with Gasteiger partial charge in [-0.3, -0.25) is 4.79 Å². The number of Topliss-reactive ketones (excluding diaryl/α,β-unsaturated/α-hetero) is 1. The molecule has 0 radical (unpaired) electrons. The molecule has 1 N–H and O–H groups in total. The highest BCUT2D eigenvalue weighted by atomic mass is 19.3. The Balaban J connectivity index is 3.09. The fourth-order valence-electron chi connectivity index (χ4n) is 1.15. The number of halogens is 2. The zero-order chi connectivity index (χ0) is 11.4. The number of benzene rings is 1. The van der Waals surface area contributed by atoms with E-state index < -0.39 is 6.61 Å². The van der Waals surface area contributed by atoms with Crippen molar-refractivity contribution in [3.05, 3.63) is 29.3 Å². The molecule has 1 aromatic rings. The van der Waals surface area contributed by atoms with Crippen molar-refractivity contribution in [1.82, 2.24) is 0 Å². The Morgan fingerprint density at radius 2 is 2.20 bits per heavy atom. The molecule has 82 valence electrons. The maximum Gasteiger partial charge on any atom is 0.387 e. The Kier molecular flexibility index (Phi) is 3.74. The van der Waals surface area contributed by atoms with Crippen molar-refractivity contribution in [2.75, 3.05) is 0 Å². The summed E-state index contributed by atoms with van der Waals surface area (Å²) < 4.78 is 28.1. The van der Waals surface area contributed by atoms with Gasteiger partial charge in [0.2, 0.25) is 0 Å². The molecule has 0 aliphatic rings. The van der Waals surface area contributed by atoms with Crippen LogP contribution in [0.4, 0.5) is 8.78 Å². The van der Waals surface area contributed by atoms with Crippen LogP contribution in [0.25, 0.3) is 0 Å². The number of aliphatic hydroxyl groups excluding tert-OH is 1. The van der Waals surface area contributed by atoms with Gasteiger partial charge in [-0.2, -0.15) is 8.78 Å². The van der Waals surface area contributed by atoms with E-state index in [9.17, 15) is 13.6 Å². The van der Waals surface area contributed by atoms with E-state index in [1.807, 2.05) is 0 Å². The summed E-state index contributed by atoms with van der Waals surface area (Å²) in [5, 5.41) is 8.82. The lowest BCUT2D eigenvalue weighted by Gasteiger charge is -2.09. The fraction of sp³-hybridized carbons (Fsp3) is 0.300. The number of rotatable bonds is 4. The van der Waals surface area contributed by atoms with Crippen LogP contribution in [0.15, 0.2) is 18.2 Å². The molecular weight excluding hydrogens is 206 g/mol. The predicted octanol–water partition coefficient (Wildman–Crippen LogP) is 1.98. The highest BCUT2D eigenvalue weighted by molar-refractivity contribution is 5.97. The van der Waals surface area contributed by atoms with Crippen LogP contribution in [0.2, 0.25) is 0 Å². The molecule has 5 heteroatoms. The van der Waals surface area contributed by atoms with Crippen LogP contribution in [0.1, 0.15) is 22.8 Å². The fourth-order valence-corrected chi connectivity index (χ4v) is 1.15. The number of aliphatic hydroxyl groups is 1. The molecule has 0 fully saturated rings. The molecule has 15 heavy (non-hydrogen) atoms. The van der Waals surface area contributed by atoms with Crippen molar-refractivity contribution in [3.8, 4) is 5.75 Å². The monoisotopic (exact) mass is 216 g/mol. The predicted molar refractivity (Wildman–Crippen MR) is 49.0 cm³/mol. The normalized spacial score (nSPS) is 10.5. The Morgan fingerprint density at radius 1 is 1.53 bits per heavy atom. The first-order valence-corrected chi connectivity index (χ1v) is 4.24. The van der Waals surface area contributed by atoms with Crippen molar-refractivity contribution < 1.29 is 23.4 Å². The van der Waals surface area contributed by atoms with Crippen LogP contribution in [-0.2, 0) is 6.61 Å². The van der Waals surface area contributed by atoms with Crippen LogP contribution in [0.3, 0.4) is 0 Å². The summed E-state index contributed by atoms with van der Waals surface area (Å²) in [7, 11) is 0. The van der Waals surface area contributed by atoms with Crippen LogP contribution < -0.4 is 4.74 Å². The van der Waals surface area contributed by atoms with Gasteiger partial charge in [0, 0.05) is 0 Å². The van der Waals surface area contributed by atoms with E-state index in [0.717, 1.165) is 0 Å². The molecular formula is C10H10F2O3. The van der Waals surface area contributed by atoms with Gasteiger partial charge in [-0.05, 0) is 24.6 Å². The van der Waals surface area contributed by atoms with Crippen molar-refractivity contribution >= 4 is 5.78 Å². The molecule has 0 spiro atoms. The molecule has 0 aliphatic heterocycles. The summed E-state index contributed by atoms with van der Waals surface area (Å²) in [5.74, 6) is -0.560. The zero-order valence-electron chi connectivity index (χ0n) is 8.04. The lowest BCUT2D eigenvalue weighted by molar-refractivity contribution is -0.0501. The second-order valence-electron chi connectivity index (χ2n) is 2.92. The van der Waals surface area contributed by atoms with Gasteiger partial charge in [0.15, 0.2) is 5.78 Å². The first kappa shape index (κ1) is 11.6. The third-order valence-electron chi connectivity index (χ3n) is 1.82. The number of alkyl halides is 2. The van der Waals surface area contributed by atoms with Gasteiger partial charge < -0.3 is 9.84 Å². The van der Waals surface area contributed by atoms with E-state index in [-0.39, 0.29) is 23.7 Å². The van der Waals surface area contributed by atoms with Crippen molar-refractivity contribution in [1.29, 1.82) is 0 Å². The molecule has 0 atom stereocenters. The minimum absolute atomic E-state index is 0.0434. The Labute approximate surface area is 85.3 Å². The van der Waals surface area contributed by atoms with Gasteiger partial charge in [0.1, 0.15) is 5.75 Å². The molecule has 0 saturated heterocycles. The first-order chi connectivity index (χ1) is 7.04. The summed E-state index contributed by atoms with van der Waals surface area (Å²) >= 11 is 0. The van der Waals surface area contributed by atoms with Crippen LogP contribution in [-0.4, -0.2) is 17.5 Å². The van der Waals surface area contributed by atoms with Gasteiger partial charge in [-0.25, -0.2) is 0 Å². The average molecular weight is 216 g/mol. The molecule has 1 aromatic carbocycles. The van der Waals surface area contributed by atoms with Crippen molar-refractivity contribution in [2.45, 2.75) is 20.1 Å². The molecule has 3 nitrogen and oxygen atoms in total. The number of carbonyl (C=O) groups excluding carboxylic acids is 1. The maximum absolute atomic E-state index is 12.0. The number of ether oxygens (including phenoxy) is 1. The highest BCUT2D eigenvalue weighted by Gasteiger charge is 2.13. The summed E-state index contributed by atoms with van der Waals surface area (Å²) in [6.07, 6.45) is 0. The van der Waals surface area contributed by atoms with Crippen molar-refractivity contribution in [3.63, 3.8) is 0 Å².